The van der Waals surface area contributed by atoms with Crippen molar-refractivity contribution in [3.8, 4) is 0 Å². The van der Waals surface area contributed by atoms with Gasteiger partial charge in [-0.2, -0.15) is 5.10 Å². The van der Waals surface area contributed by atoms with E-state index in [0.717, 1.165) is 48.3 Å². The van der Waals surface area contributed by atoms with E-state index >= 15 is 0 Å². The number of piperidine rings is 1. The van der Waals surface area contributed by atoms with Crippen molar-refractivity contribution in [2.45, 2.75) is 38.5 Å². The van der Waals surface area contributed by atoms with E-state index in [1.54, 1.807) is 30.3 Å². The molecule has 2 aromatic carbocycles. The van der Waals surface area contributed by atoms with Crippen LogP contribution in [0.5, 0.6) is 0 Å². The maximum absolute atomic E-state index is 13.5. The average Bonchev–Trinajstić information content (AvgIpc) is 2.74. The highest BCUT2D eigenvalue weighted by Crippen LogP contribution is 2.28. The van der Waals surface area contributed by atoms with Gasteiger partial charge >= 0.3 is 0 Å². The van der Waals surface area contributed by atoms with Gasteiger partial charge in [-0.05, 0) is 57.1 Å². The first-order valence-electron chi connectivity index (χ1n) is 10.4. The summed E-state index contributed by atoms with van der Waals surface area (Å²) < 4.78 is 28.2. The molecule has 7 nitrogen and oxygen atoms in total. The Kier molecular flexibility index (Phi) is 7.12. The number of nitrogens with zero attached hydrogens (tertiary/aromatic N) is 3. The van der Waals surface area contributed by atoms with Gasteiger partial charge in [0, 0.05) is 31.6 Å². The minimum atomic E-state index is -3.94. The van der Waals surface area contributed by atoms with Crippen molar-refractivity contribution in [3.63, 3.8) is 0 Å². The number of amides is 1. The molecule has 0 atom stereocenters. The topological polar surface area (TPSA) is 82.1 Å². The molecule has 2 aromatic rings. The maximum atomic E-state index is 13.5. The number of likely N-dealkylation sites (tertiary alicyclic amines) is 1. The van der Waals surface area contributed by atoms with Crippen LogP contribution in [-0.2, 0) is 14.8 Å². The standard InChI is InChI=1S/C23H30N4O3S/c1-17-6-9-21(10-7-17)31(29,30)27(22-15-18(2)5-8-19(22)3)16-23(28)25-24-20-11-13-26(4)14-12-20/h5-10,15H,11-14,16H2,1-4H3,(H,25,28). The van der Waals surface area contributed by atoms with E-state index in [9.17, 15) is 13.2 Å². The SMILES string of the molecule is Cc1ccc(S(=O)(=O)N(CC(=O)NN=C2CCN(C)CC2)c2cc(C)ccc2C)cc1. The van der Waals surface area contributed by atoms with Crippen LogP contribution >= 0.6 is 0 Å². The fraction of sp³-hybridized carbons (Fsp3) is 0.391. The van der Waals surface area contributed by atoms with Gasteiger partial charge in [0.05, 0.1) is 10.6 Å². The fourth-order valence-electron chi connectivity index (χ4n) is 3.42. The Morgan fingerprint density at radius 2 is 1.65 bits per heavy atom. The molecule has 1 heterocycles. The first-order valence-corrected chi connectivity index (χ1v) is 11.8. The highest BCUT2D eigenvalue weighted by Gasteiger charge is 2.28. The minimum absolute atomic E-state index is 0.147. The third-order valence-corrected chi connectivity index (χ3v) is 7.21. The van der Waals surface area contributed by atoms with Crippen molar-refractivity contribution in [1.29, 1.82) is 0 Å². The molecule has 0 bridgehead atoms. The zero-order chi connectivity index (χ0) is 22.6. The van der Waals surface area contributed by atoms with Crippen molar-refractivity contribution in [2.75, 3.05) is 31.0 Å². The second-order valence-corrected chi connectivity index (χ2v) is 9.99. The van der Waals surface area contributed by atoms with E-state index < -0.39 is 15.9 Å². The summed E-state index contributed by atoms with van der Waals surface area (Å²) in [6, 6.07) is 12.2. The first-order chi connectivity index (χ1) is 14.7. The Labute approximate surface area is 184 Å². The van der Waals surface area contributed by atoms with Gasteiger partial charge in [0.25, 0.3) is 15.9 Å². The molecule has 1 fully saturated rings. The van der Waals surface area contributed by atoms with Gasteiger partial charge < -0.3 is 4.90 Å². The lowest BCUT2D eigenvalue weighted by molar-refractivity contribution is -0.119. The largest absolute Gasteiger partial charge is 0.306 e. The van der Waals surface area contributed by atoms with Crippen LogP contribution in [0.1, 0.15) is 29.5 Å². The Hall–Kier alpha value is -2.71. The zero-order valence-corrected chi connectivity index (χ0v) is 19.4. The van der Waals surface area contributed by atoms with Gasteiger partial charge in [-0.3, -0.25) is 9.10 Å². The highest BCUT2D eigenvalue weighted by atomic mass is 32.2. The van der Waals surface area contributed by atoms with Crippen LogP contribution in [-0.4, -0.2) is 51.6 Å². The summed E-state index contributed by atoms with van der Waals surface area (Å²) in [5.74, 6) is -0.469. The highest BCUT2D eigenvalue weighted by molar-refractivity contribution is 7.92. The van der Waals surface area contributed by atoms with Crippen LogP contribution in [0.25, 0.3) is 0 Å². The summed E-state index contributed by atoms with van der Waals surface area (Å²) in [5, 5.41) is 4.24. The minimum Gasteiger partial charge on any atom is -0.306 e. The molecule has 0 radical (unpaired) electrons. The number of hydrogen-bond acceptors (Lipinski definition) is 5. The predicted molar refractivity (Wildman–Crippen MR) is 124 cm³/mol. The molecule has 0 aliphatic carbocycles. The summed E-state index contributed by atoms with van der Waals surface area (Å²) in [6.45, 7) is 7.07. The molecule has 3 rings (SSSR count). The van der Waals surface area contributed by atoms with E-state index in [2.05, 4.69) is 15.4 Å². The monoisotopic (exact) mass is 442 g/mol. The lowest BCUT2D eigenvalue weighted by atomic mass is 10.1. The quantitative estimate of drug-likeness (QED) is 0.698. The van der Waals surface area contributed by atoms with Gasteiger partial charge in [-0.15, -0.1) is 0 Å². The number of carbonyl (C=O) groups excluding carboxylic acids is 1. The molecule has 0 aromatic heterocycles. The Morgan fingerprint density at radius 3 is 2.29 bits per heavy atom. The van der Waals surface area contributed by atoms with E-state index in [-0.39, 0.29) is 11.4 Å². The van der Waals surface area contributed by atoms with Crippen LogP contribution in [0.2, 0.25) is 0 Å². The second kappa shape index (κ2) is 9.62. The van der Waals surface area contributed by atoms with Gasteiger partial charge in [-0.1, -0.05) is 29.8 Å². The van der Waals surface area contributed by atoms with E-state index in [1.807, 2.05) is 40.0 Å². The summed E-state index contributed by atoms with van der Waals surface area (Å²) >= 11 is 0. The predicted octanol–water partition coefficient (Wildman–Crippen LogP) is 3.00. The summed E-state index contributed by atoms with van der Waals surface area (Å²) in [6.07, 6.45) is 1.58. The second-order valence-electron chi connectivity index (χ2n) is 8.13. The normalized spacial score (nSPS) is 14.9. The number of hydrogen-bond donors (Lipinski definition) is 1. The number of nitrogens with one attached hydrogen (secondary N) is 1. The van der Waals surface area contributed by atoms with Crippen LogP contribution in [0.3, 0.4) is 0 Å². The molecular weight excluding hydrogens is 412 g/mol. The van der Waals surface area contributed by atoms with E-state index in [1.165, 1.54) is 4.31 Å². The molecule has 31 heavy (non-hydrogen) atoms. The van der Waals surface area contributed by atoms with Gasteiger partial charge in [0.1, 0.15) is 6.54 Å². The molecule has 1 amide bonds. The summed E-state index contributed by atoms with van der Waals surface area (Å²) in [5.41, 5.74) is 6.62. The molecule has 1 aliphatic heterocycles. The number of anilines is 1. The van der Waals surface area contributed by atoms with Crippen LogP contribution < -0.4 is 9.73 Å². The number of hydrazone groups is 1. The Balaban J connectivity index is 1.89. The van der Waals surface area contributed by atoms with Crippen molar-refractivity contribution in [2.24, 2.45) is 5.10 Å². The molecule has 1 N–H and O–H groups in total. The fourth-order valence-corrected chi connectivity index (χ4v) is 4.90. The third kappa shape index (κ3) is 5.71. The molecule has 1 aliphatic rings. The Morgan fingerprint density at radius 1 is 1.03 bits per heavy atom. The molecule has 0 spiro atoms. The van der Waals surface area contributed by atoms with Crippen molar-refractivity contribution in [3.05, 3.63) is 59.2 Å². The molecule has 0 unspecified atom stereocenters. The lowest BCUT2D eigenvalue weighted by Gasteiger charge is -2.26. The molecule has 1 saturated heterocycles. The number of rotatable bonds is 6. The Bertz CT molecular complexity index is 1070. The van der Waals surface area contributed by atoms with Crippen molar-refractivity contribution >= 4 is 27.3 Å². The smallest absolute Gasteiger partial charge is 0.264 e. The van der Waals surface area contributed by atoms with Crippen LogP contribution in [0.4, 0.5) is 5.69 Å². The number of sulfonamides is 1. The lowest BCUT2D eigenvalue weighted by Crippen LogP contribution is -2.40. The summed E-state index contributed by atoms with van der Waals surface area (Å²) in [4.78, 5) is 15.1. The summed E-state index contributed by atoms with van der Waals surface area (Å²) in [7, 11) is -1.89. The van der Waals surface area contributed by atoms with Crippen molar-refractivity contribution in [1.82, 2.24) is 10.3 Å². The third-order valence-electron chi connectivity index (χ3n) is 5.43. The van der Waals surface area contributed by atoms with E-state index in [4.69, 9.17) is 0 Å². The zero-order valence-electron chi connectivity index (χ0n) is 18.6. The van der Waals surface area contributed by atoms with Crippen LogP contribution in [0, 0.1) is 20.8 Å². The maximum Gasteiger partial charge on any atom is 0.264 e. The molecule has 0 saturated carbocycles. The number of carbonyl (C=O) groups is 1. The van der Waals surface area contributed by atoms with Gasteiger partial charge in [-0.25, -0.2) is 13.8 Å². The van der Waals surface area contributed by atoms with Gasteiger partial charge in [0.15, 0.2) is 0 Å². The first kappa shape index (κ1) is 23.0. The average molecular weight is 443 g/mol. The number of benzene rings is 2. The van der Waals surface area contributed by atoms with Gasteiger partial charge in [0.2, 0.25) is 0 Å². The van der Waals surface area contributed by atoms with E-state index in [0.29, 0.717) is 5.69 Å². The molecule has 8 heteroatoms. The van der Waals surface area contributed by atoms with Crippen LogP contribution in [0.15, 0.2) is 52.5 Å². The molecular formula is C23H30N4O3S. The van der Waals surface area contributed by atoms with Crippen molar-refractivity contribution < 1.29 is 13.2 Å². The number of aryl methyl sites for hydroxylation is 3. The molecule has 166 valence electrons.